The summed E-state index contributed by atoms with van der Waals surface area (Å²) in [6.45, 7) is 4.24. The van der Waals surface area contributed by atoms with E-state index in [4.69, 9.17) is 16.3 Å². The van der Waals surface area contributed by atoms with Crippen molar-refractivity contribution in [2.45, 2.75) is 25.4 Å². The zero-order chi connectivity index (χ0) is 12.0. The van der Waals surface area contributed by atoms with Crippen molar-refractivity contribution in [2.75, 3.05) is 25.1 Å². The second-order valence-corrected chi connectivity index (χ2v) is 5.14. The van der Waals surface area contributed by atoms with E-state index in [0.29, 0.717) is 23.0 Å². The van der Waals surface area contributed by atoms with Crippen LogP contribution in [0.4, 0.5) is 5.82 Å². The number of piperazine rings is 1. The predicted molar refractivity (Wildman–Crippen MR) is 68.1 cm³/mol. The van der Waals surface area contributed by atoms with Crippen molar-refractivity contribution < 1.29 is 4.74 Å². The van der Waals surface area contributed by atoms with Gasteiger partial charge < -0.3 is 15.0 Å². The number of nitrogens with one attached hydrogen (secondary N) is 1. The lowest BCUT2D eigenvalue weighted by Crippen LogP contribution is -2.55. The minimum Gasteiger partial charge on any atom is -0.480 e. The van der Waals surface area contributed by atoms with Gasteiger partial charge in [-0.3, -0.25) is 0 Å². The van der Waals surface area contributed by atoms with Crippen LogP contribution in [0.1, 0.15) is 12.5 Å². The first-order valence-electron chi connectivity index (χ1n) is 5.93. The molecule has 2 aliphatic rings. The standard InChI is InChI=1S/C12H16ClN3O/c1-7-5-14-6-9-3-8-4-10(13)12(17-2)15-11(8)16(7)9/h4,7,9,14H,3,5-6H2,1-2H3/t7-,9-/m1/s1. The Labute approximate surface area is 106 Å². The maximum Gasteiger partial charge on any atom is 0.234 e. The van der Waals surface area contributed by atoms with Crippen LogP contribution in [0.15, 0.2) is 6.07 Å². The zero-order valence-electron chi connectivity index (χ0n) is 10.0. The molecule has 17 heavy (non-hydrogen) atoms. The highest BCUT2D eigenvalue weighted by Gasteiger charge is 2.36. The van der Waals surface area contributed by atoms with E-state index in [1.165, 1.54) is 5.56 Å². The lowest BCUT2D eigenvalue weighted by molar-refractivity contribution is 0.395. The molecule has 4 nitrogen and oxygen atoms in total. The molecular formula is C12H16ClN3O. The maximum absolute atomic E-state index is 6.12. The van der Waals surface area contributed by atoms with E-state index in [9.17, 15) is 0 Å². The lowest BCUT2D eigenvalue weighted by atomic mass is 10.1. The van der Waals surface area contributed by atoms with E-state index >= 15 is 0 Å². The van der Waals surface area contributed by atoms with Gasteiger partial charge in [0.15, 0.2) is 0 Å². The molecule has 92 valence electrons. The van der Waals surface area contributed by atoms with Gasteiger partial charge in [-0.25, -0.2) is 0 Å². The second-order valence-electron chi connectivity index (χ2n) is 4.73. The van der Waals surface area contributed by atoms with Gasteiger partial charge in [0.25, 0.3) is 0 Å². The van der Waals surface area contributed by atoms with Crippen molar-refractivity contribution in [2.24, 2.45) is 0 Å². The number of rotatable bonds is 1. The smallest absolute Gasteiger partial charge is 0.234 e. The number of hydrogen-bond acceptors (Lipinski definition) is 4. The highest BCUT2D eigenvalue weighted by molar-refractivity contribution is 6.32. The zero-order valence-corrected chi connectivity index (χ0v) is 10.8. The largest absolute Gasteiger partial charge is 0.480 e. The van der Waals surface area contributed by atoms with E-state index in [1.807, 2.05) is 6.07 Å². The highest BCUT2D eigenvalue weighted by atomic mass is 35.5. The third-order valence-electron chi connectivity index (χ3n) is 3.58. The van der Waals surface area contributed by atoms with Crippen molar-refractivity contribution in [3.8, 4) is 5.88 Å². The summed E-state index contributed by atoms with van der Waals surface area (Å²) < 4.78 is 5.20. The molecule has 5 heteroatoms. The van der Waals surface area contributed by atoms with E-state index in [0.717, 1.165) is 25.3 Å². The number of methoxy groups -OCH3 is 1. The summed E-state index contributed by atoms with van der Waals surface area (Å²) >= 11 is 6.12. The molecule has 3 heterocycles. The first kappa shape index (κ1) is 11.1. The Morgan fingerprint density at radius 1 is 1.53 bits per heavy atom. The highest BCUT2D eigenvalue weighted by Crippen LogP contribution is 2.37. The SMILES string of the molecule is COc1nc2c(cc1Cl)C[C@@H]1CNC[C@@H](C)N21. The normalized spacial score (nSPS) is 26.6. The number of nitrogens with zero attached hydrogens (tertiary/aromatic N) is 2. The number of anilines is 1. The molecule has 1 aromatic rings. The molecular weight excluding hydrogens is 238 g/mol. The molecule has 0 amide bonds. The van der Waals surface area contributed by atoms with Crippen molar-refractivity contribution in [3.05, 3.63) is 16.7 Å². The van der Waals surface area contributed by atoms with Crippen LogP contribution in [0.3, 0.4) is 0 Å². The van der Waals surface area contributed by atoms with Crippen LogP contribution >= 0.6 is 11.6 Å². The Balaban J connectivity index is 2.05. The first-order valence-corrected chi connectivity index (χ1v) is 6.31. The van der Waals surface area contributed by atoms with Crippen LogP contribution in [-0.2, 0) is 6.42 Å². The quantitative estimate of drug-likeness (QED) is 0.823. The fourth-order valence-corrected chi connectivity index (χ4v) is 3.09. The number of aromatic nitrogens is 1. The summed E-state index contributed by atoms with van der Waals surface area (Å²) in [7, 11) is 1.61. The van der Waals surface area contributed by atoms with Gasteiger partial charge in [-0.05, 0) is 25.0 Å². The summed E-state index contributed by atoms with van der Waals surface area (Å²) in [6, 6.07) is 2.96. The van der Waals surface area contributed by atoms with Gasteiger partial charge >= 0.3 is 0 Å². The van der Waals surface area contributed by atoms with Gasteiger partial charge in [-0.2, -0.15) is 4.98 Å². The van der Waals surface area contributed by atoms with Gasteiger partial charge in [-0.15, -0.1) is 0 Å². The molecule has 0 saturated carbocycles. The summed E-state index contributed by atoms with van der Waals surface area (Å²) in [5, 5.41) is 4.05. The van der Waals surface area contributed by atoms with E-state index in [2.05, 4.69) is 22.1 Å². The second kappa shape index (κ2) is 4.03. The summed E-state index contributed by atoms with van der Waals surface area (Å²) in [6.07, 6.45) is 1.02. The monoisotopic (exact) mass is 253 g/mol. The molecule has 3 rings (SSSR count). The molecule has 0 aliphatic carbocycles. The number of fused-ring (bicyclic) bond motifs is 3. The van der Waals surface area contributed by atoms with E-state index in [-0.39, 0.29) is 0 Å². The van der Waals surface area contributed by atoms with Crippen LogP contribution in [-0.4, -0.2) is 37.3 Å². The Morgan fingerprint density at radius 3 is 3.12 bits per heavy atom. The molecule has 1 saturated heterocycles. The minimum absolute atomic E-state index is 0.466. The fraction of sp³-hybridized carbons (Fsp3) is 0.583. The Bertz CT molecular complexity index is 452. The van der Waals surface area contributed by atoms with Crippen LogP contribution in [0.2, 0.25) is 5.02 Å². The van der Waals surface area contributed by atoms with Crippen molar-refractivity contribution in [3.63, 3.8) is 0 Å². The number of pyridine rings is 1. The molecule has 1 fully saturated rings. The molecule has 1 N–H and O–H groups in total. The van der Waals surface area contributed by atoms with Crippen molar-refractivity contribution >= 4 is 17.4 Å². The van der Waals surface area contributed by atoms with Gasteiger partial charge in [-0.1, -0.05) is 11.6 Å². The van der Waals surface area contributed by atoms with Gasteiger partial charge in [0, 0.05) is 25.2 Å². The predicted octanol–water partition coefficient (Wildman–Crippen LogP) is 1.47. The van der Waals surface area contributed by atoms with Crippen LogP contribution in [0.25, 0.3) is 0 Å². The number of halogens is 1. The molecule has 0 bridgehead atoms. The van der Waals surface area contributed by atoms with Gasteiger partial charge in [0.05, 0.1) is 7.11 Å². The van der Waals surface area contributed by atoms with Gasteiger partial charge in [0.2, 0.25) is 5.88 Å². The Kier molecular flexibility index (Phi) is 2.64. The number of hydrogen-bond donors (Lipinski definition) is 1. The number of ether oxygens (including phenoxy) is 1. The van der Waals surface area contributed by atoms with Crippen LogP contribution in [0.5, 0.6) is 5.88 Å². The average molecular weight is 254 g/mol. The Morgan fingerprint density at radius 2 is 2.35 bits per heavy atom. The lowest BCUT2D eigenvalue weighted by Gasteiger charge is -2.37. The summed E-state index contributed by atoms with van der Waals surface area (Å²) in [4.78, 5) is 6.94. The van der Waals surface area contributed by atoms with E-state index in [1.54, 1.807) is 7.11 Å². The van der Waals surface area contributed by atoms with Crippen LogP contribution in [0, 0.1) is 0 Å². The van der Waals surface area contributed by atoms with Gasteiger partial charge in [0.1, 0.15) is 10.8 Å². The molecule has 1 aromatic heterocycles. The molecule has 0 unspecified atom stereocenters. The average Bonchev–Trinajstić information content (AvgIpc) is 2.66. The molecule has 0 radical (unpaired) electrons. The molecule has 2 aliphatic heterocycles. The first-order chi connectivity index (χ1) is 8.20. The van der Waals surface area contributed by atoms with Crippen LogP contribution < -0.4 is 15.0 Å². The van der Waals surface area contributed by atoms with E-state index < -0.39 is 0 Å². The molecule has 2 atom stereocenters. The molecule has 0 aromatic carbocycles. The third-order valence-corrected chi connectivity index (χ3v) is 3.85. The molecule has 0 spiro atoms. The topological polar surface area (TPSA) is 37.4 Å². The van der Waals surface area contributed by atoms with Crippen molar-refractivity contribution in [1.29, 1.82) is 0 Å². The summed E-state index contributed by atoms with van der Waals surface area (Å²) in [5.41, 5.74) is 1.23. The third kappa shape index (κ3) is 1.67. The fourth-order valence-electron chi connectivity index (χ4n) is 2.84. The minimum atomic E-state index is 0.466. The maximum atomic E-state index is 6.12. The van der Waals surface area contributed by atoms with Crippen molar-refractivity contribution in [1.82, 2.24) is 10.3 Å². The summed E-state index contributed by atoms with van der Waals surface area (Å²) in [5.74, 6) is 1.57. The Hall–Kier alpha value is -1.00.